The van der Waals surface area contributed by atoms with Crippen LogP contribution < -0.4 is 10.6 Å². The molecule has 3 N–H and O–H groups in total. The molecule has 0 heterocycles. The number of benzene rings is 2. The van der Waals surface area contributed by atoms with Crippen LogP contribution in [0.15, 0.2) is 48.5 Å². The molecule has 7 nitrogen and oxygen atoms in total. The molecule has 1 unspecified atom stereocenters. The zero-order chi connectivity index (χ0) is 23.6. The first-order valence-corrected chi connectivity index (χ1v) is 10.7. The molecule has 1 saturated carbocycles. The number of carbonyl (C=O) groups excluding carboxylic acids is 2. The predicted molar refractivity (Wildman–Crippen MR) is 115 cm³/mol. The fraction of sp³-hybridized carbons (Fsp3) is 0.375. The van der Waals surface area contributed by atoms with Crippen LogP contribution in [0.25, 0.3) is 11.1 Å². The summed E-state index contributed by atoms with van der Waals surface area (Å²) in [5.41, 5.74) is 3.49. The van der Waals surface area contributed by atoms with Gasteiger partial charge in [-0.25, -0.2) is 13.6 Å². The highest BCUT2D eigenvalue weighted by molar-refractivity contribution is 5.81. The molecule has 0 aromatic heterocycles. The van der Waals surface area contributed by atoms with Crippen LogP contribution in [0.4, 0.5) is 13.6 Å². The van der Waals surface area contributed by atoms with Gasteiger partial charge in [-0.3, -0.25) is 9.59 Å². The summed E-state index contributed by atoms with van der Waals surface area (Å²) in [5, 5.41) is 13.5. The number of fused-ring (bicyclic) bond motifs is 3. The zero-order valence-electron chi connectivity index (χ0n) is 17.7. The lowest BCUT2D eigenvalue weighted by molar-refractivity contribution is -0.139. The maximum absolute atomic E-state index is 13.0. The molecule has 0 saturated heterocycles. The summed E-state index contributed by atoms with van der Waals surface area (Å²) in [6.07, 6.45) is -3.78. The molecular formula is C24H24F2N2O5. The van der Waals surface area contributed by atoms with E-state index in [1.165, 1.54) is 0 Å². The van der Waals surface area contributed by atoms with Crippen LogP contribution in [-0.2, 0) is 14.3 Å². The highest BCUT2D eigenvalue weighted by Crippen LogP contribution is 2.44. The maximum atomic E-state index is 13.0. The first-order valence-electron chi connectivity index (χ1n) is 10.7. The van der Waals surface area contributed by atoms with Crippen molar-refractivity contribution in [2.75, 3.05) is 6.61 Å². The predicted octanol–water partition coefficient (Wildman–Crippen LogP) is 3.67. The van der Waals surface area contributed by atoms with Crippen molar-refractivity contribution >= 4 is 18.0 Å². The molecule has 1 fully saturated rings. The number of halogens is 2. The van der Waals surface area contributed by atoms with Gasteiger partial charge in [-0.15, -0.1) is 0 Å². The second-order valence-corrected chi connectivity index (χ2v) is 8.51. The molecule has 174 valence electrons. The minimum absolute atomic E-state index is 0.107. The van der Waals surface area contributed by atoms with Crippen molar-refractivity contribution in [3.63, 3.8) is 0 Å². The van der Waals surface area contributed by atoms with Crippen molar-refractivity contribution in [1.82, 2.24) is 10.6 Å². The molecule has 2 amide bonds. The van der Waals surface area contributed by atoms with Gasteiger partial charge >= 0.3 is 12.1 Å². The van der Waals surface area contributed by atoms with E-state index in [-0.39, 0.29) is 18.9 Å². The third-order valence-corrected chi connectivity index (χ3v) is 6.11. The number of ether oxygens (including phenoxy) is 1. The molecule has 2 aromatic carbocycles. The van der Waals surface area contributed by atoms with Gasteiger partial charge in [0, 0.05) is 12.3 Å². The standard InChI is InChI=1S/C24H24F2N2O5/c25-22(26)19(11-21(30)31)27-20(29)12-24(9-10-24)28-23(32)33-13-18-16-7-3-1-5-14(16)15-6-2-4-8-17(15)18/h1-8,18-19,22H,9-13H2,(H,27,29)(H,28,32)(H,30,31). The Morgan fingerprint density at radius 2 is 1.61 bits per heavy atom. The summed E-state index contributed by atoms with van der Waals surface area (Å²) < 4.78 is 31.4. The van der Waals surface area contributed by atoms with Gasteiger partial charge < -0.3 is 20.5 Å². The van der Waals surface area contributed by atoms with Gasteiger partial charge in [-0.2, -0.15) is 0 Å². The van der Waals surface area contributed by atoms with Gasteiger partial charge in [0.1, 0.15) is 12.6 Å². The van der Waals surface area contributed by atoms with Crippen LogP contribution in [0.5, 0.6) is 0 Å². The Balaban J connectivity index is 1.33. The van der Waals surface area contributed by atoms with Crippen LogP contribution in [-0.4, -0.2) is 47.7 Å². The Kier molecular flexibility index (Phi) is 6.31. The SMILES string of the molecule is O=C(O)CC(NC(=O)CC1(NC(=O)OCC2c3ccccc3-c3ccccc32)CC1)C(F)F. The maximum Gasteiger partial charge on any atom is 0.407 e. The third kappa shape index (κ3) is 5.13. The lowest BCUT2D eigenvalue weighted by Gasteiger charge is -2.21. The fourth-order valence-electron chi connectivity index (χ4n) is 4.30. The van der Waals surface area contributed by atoms with Gasteiger partial charge in [-0.05, 0) is 35.1 Å². The topological polar surface area (TPSA) is 105 Å². The first kappa shape index (κ1) is 22.7. The normalized spacial score (nSPS) is 16.5. The van der Waals surface area contributed by atoms with E-state index in [4.69, 9.17) is 9.84 Å². The molecule has 0 spiro atoms. The monoisotopic (exact) mass is 458 g/mol. The van der Waals surface area contributed by atoms with Crippen molar-refractivity contribution in [2.24, 2.45) is 0 Å². The van der Waals surface area contributed by atoms with E-state index in [9.17, 15) is 23.2 Å². The largest absolute Gasteiger partial charge is 0.481 e. The summed E-state index contributed by atoms with van der Waals surface area (Å²) >= 11 is 0. The Morgan fingerprint density at radius 1 is 1.03 bits per heavy atom. The minimum Gasteiger partial charge on any atom is -0.481 e. The van der Waals surface area contributed by atoms with Gasteiger partial charge in [0.15, 0.2) is 0 Å². The number of aliphatic carboxylic acids is 1. The average Bonchev–Trinajstić information content (AvgIpc) is 3.43. The molecule has 2 aromatic rings. The van der Waals surface area contributed by atoms with Crippen molar-refractivity contribution in [1.29, 1.82) is 0 Å². The van der Waals surface area contributed by atoms with E-state index in [1.54, 1.807) is 0 Å². The fourth-order valence-corrected chi connectivity index (χ4v) is 4.30. The molecule has 9 heteroatoms. The first-order chi connectivity index (χ1) is 15.8. The molecule has 2 aliphatic carbocycles. The number of alkyl carbamates (subject to hydrolysis) is 1. The number of hydrogen-bond acceptors (Lipinski definition) is 4. The Labute approximate surface area is 189 Å². The van der Waals surface area contributed by atoms with Crippen LogP contribution in [0.2, 0.25) is 0 Å². The number of carboxylic acids is 1. The highest BCUT2D eigenvalue weighted by Gasteiger charge is 2.47. The molecule has 0 radical (unpaired) electrons. The van der Waals surface area contributed by atoms with Crippen LogP contribution in [0, 0.1) is 0 Å². The average molecular weight is 458 g/mol. The zero-order valence-corrected chi connectivity index (χ0v) is 17.7. The quantitative estimate of drug-likeness (QED) is 0.532. The van der Waals surface area contributed by atoms with E-state index >= 15 is 0 Å². The van der Waals surface area contributed by atoms with Gasteiger partial charge in [0.25, 0.3) is 6.43 Å². The van der Waals surface area contributed by atoms with Gasteiger partial charge in [0.2, 0.25) is 5.91 Å². The molecular weight excluding hydrogens is 434 g/mol. The number of hydrogen-bond donors (Lipinski definition) is 3. The summed E-state index contributed by atoms with van der Waals surface area (Å²) in [7, 11) is 0. The Morgan fingerprint density at radius 3 is 2.12 bits per heavy atom. The number of nitrogens with one attached hydrogen (secondary N) is 2. The summed E-state index contributed by atoms with van der Waals surface area (Å²) in [5.74, 6) is -2.28. The Hall–Kier alpha value is -3.49. The lowest BCUT2D eigenvalue weighted by atomic mass is 9.98. The van der Waals surface area contributed by atoms with Gasteiger partial charge in [0.05, 0.1) is 12.0 Å². The molecule has 0 bridgehead atoms. The summed E-state index contributed by atoms with van der Waals surface area (Å²) in [4.78, 5) is 35.4. The van der Waals surface area contributed by atoms with Crippen LogP contribution >= 0.6 is 0 Å². The number of carboxylic acid groups (broad SMARTS) is 1. The van der Waals surface area contributed by atoms with E-state index < -0.39 is 42.4 Å². The minimum atomic E-state index is -3.00. The van der Waals surface area contributed by atoms with E-state index in [1.807, 2.05) is 48.5 Å². The number of alkyl halides is 2. The van der Waals surface area contributed by atoms with Crippen molar-refractivity contribution in [2.45, 2.75) is 49.6 Å². The lowest BCUT2D eigenvalue weighted by Crippen LogP contribution is -2.46. The number of rotatable bonds is 9. The van der Waals surface area contributed by atoms with E-state index in [0.29, 0.717) is 12.8 Å². The summed E-state index contributed by atoms with van der Waals surface area (Å²) in [6, 6.07) is 14.1. The molecule has 1 atom stereocenters. The molecule has 0 aliphatic heterocycles. The van der Waals surface area contributed by atoms with E-state index in [0.717, 1.165) is 22.3 Å². The van der Waals surface area contributed by atoms with Crippen molar-refractivity contribution in [3.05, 3.63) is 59.7 Å². The van der Waals surface area contributed by atoms with Crippen LogP contribution in [0.1, 0.15) is 42.7 Å². The van der Waals surface area contributed by atoms with E-state index in [2.05, 4.69) is 10.6 Å². The molecule has 33 heavy (non-hydrogen) atoms. The molecule has 4 rings (SSSR count). The second kappa shape index (κ2) is 9.17. The van der Waals surface area contributed by atoms with Crippen molar-refractivity contribution < 1.29 is 33.0 Å². The summed E-state index contributed by atoms with van der Waals surface area (Å²) in [6.45, 7) is 0.119. The second-order valence-electron chi connectivity index (χ2n) is 8.51. The third-order valence-electron chi connectivity index (χ3n) is 6.11. The van der Waals surface area contributed by atoms with Crippen LogP contribution in [0.3, 0.4) is 0 Å². The smallest absolute Gasteiger partial charge is 0.407 e. The molecule has 2 aliphatic rings. The number of carbonyl (C=O) groups is 3. The van der Waals surface area contributed by atoms with Crippen molar-refractivity contribution in [3.8, 4) is 11.1 Å². The highest BCUT2D eigenvalue weighted by atomic mass is 19.3. The van der Waals surface area contributed by atoms with Gasteiger partial charge in [-0.1, -0.05) is 48.5 Å². The number of amides is 2. The Bertz CT molecular complexity index is 1020.